The Hall–Kier alpha value is -4.97. The number of halogens is 2. The lowest BCUT2D eigenvalue weighted by molar-refractivity contribution is 0.0678. The van der Waals surface area contributed by atoms with Crippen molar-refractivity contribution in [1.82, 2.24) is 19.5 Å². The molecule has 0 atom stereocenters. The number of aryl methyl sites for hydroxylation is 2. The molecule has 3 aromatic carbocycles. The van der Waals surface area contributed by atoms with Crippen molar-refractivity contribution in [3.8, 4) is 17.4 Å². The third-order valence-electron chi connectivity index (χ3n) is 6.55. The summed E-state index contributed by atoms with van der Waals surface area (Å²) in [5.41, 5.74) is 3.55. The molecule has 0 unspecified atom stereocenters. The Kier molecular flexibility index (Phi) is 7.10. The van der Waals surface area contributed by atoms with Crippen molar-refractivity contribution in [2.75, 3.05) is 0 Å². The van der Waals surface area contributed by atoms with E-state index >= 15 is 0 Å². The second-order valence-electron chi connectivity index (χ2n) is 9.25. The summed E-state index contributed by atoms with van der Waals surface area (Å²) < 4.78 is 36.0. The van der Waals surface area contributed by atoms with E-state index in [1.807, 2.05) is 48.0 Å². The van der Waals surface area contributed by atoms with Gasteiger partial charge >= 0.3 is 0 Å². The second-order valence-corrected chi connectivity index (χ2v) is 9.25. The summed E-state index contributed by atoms with van der Waals surface area (Å²) in [6.45, 7) is 2.37. The number of aromatic nitrogens is 3. The fourth-order valence-corrected chi connectivity index (χ4v) is 4.40. The Morgan fingerprint density at radius 2 is 1.79 bits per heavy atom. The zero-order chi connectivity index (χ0) is 27.5. The lowest BCUT2D eigenvalue weighted by atomic mass is 10.1. The molecule has 196 valence electrons. The molecule has 0 fully saturated rings. The van der Waals surface area contributed by atoms with Gasteiger partial charge in [-0.3, -0.25) is 4.79 Å². The largest absolute Gasteiger partial charge is 0.451 e. The first-order chi connectivity index (χ1) is 18.8. The van der Waals surface area contributed by atoms with E-state index in [1.165, 1.54) is 11.0 Å². The first-order valence-corrected chi connectivity index (χ1v) is 12.3. The predicted octanol–water partition coefficient (Wildman–Crippen LogP) is 5.83. The lowest BCUT2D eigenvalue weighted by Crippen LogP contribution is -2.37. The van der Waals surface area contributed by atoms with Crippen LogP contribution in [-0.2, 0) is 26.7 Å². The average Bonchev–Trinajstić information content (AvgIpc) is 3.42. The van der Waals surface area contributed by atoms with E-state index in [1.54, 1.807) is 36.1 Å². The second kappa shape index (κ2) is 10.8. The van der Waals surface area contributed by atoms with Crippen molar-refractivity contribution in [3.05, 3.63) is 124 Å². The van der Waals surface area contributed by atoms with Crippen LogP contribution in [0.15, 0.2) is 83.3 Å². The number of hydrogen-bond donors (Lipinski definition) is 0. The van der Waals surface area contributed by atoms with Crippen LogP contribution in [0.1, 0.15) is 38.6 Å². The van der Waals surface area contributed by atoms with Crippen molar-refractivity contribution < 1.29 is 18.0 Å². The van der Waals surface area contributed by atoms with Crippen LogP contribution >= 0.6 is 0 Å². The average molecular weight is 526 g/mol. The van der Waals surface area contributed by atoms with Crippen molar-refractivity contribution in [3.63, 3.8) is 0 Å². The Labute approximate surface area is 224 Å². The van der Waals surface area contributed by atoms with E-state index in [9.17, 15) is 13.6 Å². The number of rotatable bonds is 8. The van der Waals surface area contributed by atoms with E-state index in [-0.39, 0.29) is 24.4 Å². The third-order valence-corrected chi connectivity index (χ3v) is 6.55. The summed E-state index contributed by atoms with van der Waals surface area (Å²) in [5.74, 6) is -0.649. The molecular weight excluding hydrogens is 500 g/mol. The number of furan rings is 1. The monoisotopic (exact) mass is 525 g/mol. The van der Waals surface area contributed by atoms with Gasteiger partial charge in [-0.05, 0) is 48.4 Å². The summed E-state index contributed by atoms with van der Waals surface area (Å²) in [6.07, 6.45) is 0. The summed E-state index contributed by atoms with van der Waals surface area (Å²) in [4.78, 5) is 16.7. The number of hydrogen-bond acceptors (Lipinski definition) is 4. The molecule has 9 heteroatoms. The maximum Gasteiger partial charge on any atom is 0.290 e. The van der Waals surface area contributed by atoms with Crippen LogP contribution in [0.4, 0.5) is 8.78 Å². The molecule has 0 aliphatic heterocycles. The Morgan fingerprint density at radius 1 is 1.03 bits per heavy atom. The smallest absolute Gasteiger partial charge is 0.290 e. The van der Waals surface area contributed by atoms with Crippen LogP contribution in [0.2, 0.25) is 0 Å². The number of nitriles is 1. The fraction of sp³-hybridized carbons (Fsp3) is 0.167. The predicted molar refractivity (Wildman–Crippen MR) is 140 cm³/mol. The first kappa shape index (κ1) is 25.7. The molecule has 2 heterocycles. The molecule has 0 saturated heterocycles. The van der Waals surface area contributed by atoms with Gasteiger partial charge in [0.25, 0.3) is 5.91 Å². The minimum Gasteiger partial charge on any atom is -0.451 e. The normalized spacial score (nSPS) is 10.9. The number of amides is 1. The van der Waals surface area contributed by atoms with E-state index < -0.39 is 17.5 Å². The maximum atomic E-state index is 14.6. The molecule has 39 heavy (non-hydrogen) atoms. The van der Waals surface area contributed by atoms with Crippen molar-refractivity contribution in [2.45, 2.75) is 26.6 Å². The summed E-state index contributed by atoms with van der Waals surface area (Å²) >= 11 is 0. The van der Waals surface area contributed by atoms with Gasteiger partial charge in [0, 0.05) is 30.8 Å². The highest BCUT2D eigenvalue weighted by atomic mass is 19.1. The van der Waals surface area contributed by atoms with E-state index in [2.05, 4.69) is 11.2 Å². The van der Waals surface area contributed by atoms with Gasteiger partial charge in [-0.2, -0.15) is 5.26 Å². The topological polar surface area (TPSA) is 80.0 Å². The number of carbonyl (C=O) groups is 1. The van der Waals surface area contributed by atoms with Crippen molar-refractivity contribution >= 4 is 5.91 Å². The van der Waals surface area contributed by atoms with Crippen molar-refractivity contribution in [1.29, 1.82) is 5.26 Å². The third kappa shape index (κ3) is 5.50. The zero-order valence-electron chi connectivity index (χ0n) is 21.4. The summed E-state index contributed by atoms with van der Waals surface area (Å²) in [5, 5.41) is 13.5. The van der Waals surface area contributed by atoms with Gasteiger partial charge in [0.2, 0.25) is 0 Å². The minimum atomic E-state index is -0.741. The van der Waals surface area contributed by atoms with E-state index in [0.29, 0.717) is 23.7 Å². The van der Waals surface area contributed by atoms with Gasteiger partial charge < -0.3 is 9.32 Å². The van der Waals surface area contributed by atoms with E-state index in [4.69, 9.17) is 9.68 Å². The van der Waals surface area contributed by atoms with Crippen LogP contribution in [0.3, 0.4) is 0 Å². The molecule has 0 aliphatic rings. The van der Waals surface area contributed by atoms with Gasteiger partial charge in [0.1, 0.15) is 17.4 Å². The molecule has 0 bridgehead atoms. The van der Waals surface area contributed by atoms with Crippen LogP contribution in [0, 0.1) is 29.9 Å². The molecule has 5 rings (SSSR count). The van der Waals surface area contributed by atoms with Crippen molar-refractivity contribution in [2.24, 2.45) is 7.05 Å². The standard InChI is InChI=1S/C30H25F2N5O2/c1-20-5-3-4-6-25(20)27-13-14-28(39-27)30(38)36(18-23-11-12-24(31)15-26(23)32)19-29-34-35(2)37(29)17-22-9-7-21(16-33)8-10-22/h3-15H,17-19H2,1-2H3. The van der Waals surface area contributed by atoms with Crippen LogP contribution in [-0.4, -0.2) is 25.4 Å². The molecule has 1 amide bonds. The fourth-order valence-electron chi connectivity index (χ4n) is 4.40. The zero-order valence-corrected chi connectivity index (χ0v) is 21.4. The lowest BCUT2D eigenvalue weighted by Gasteiger charge is -2.27. The van der Waals surface area contributed by atoms with Gasteiger partial charge in [-0.15, -0.1) is 5.10 Å². The number of nitrogens with zero attached hydrogens (tertiary/aromatic N) is 5. The number of benzene rings is 3. The molecule has 0 radical (unpaired) electrons. The molecule has 0 aliphatic carbocycles. The molecule has 0 saturated carbocycles. The first-order valence-electron chi connectivity index (χ1n) is 12.3. The van der Waals surface area contributed by atoms with Crippen LogP contribution < -0.4 is 0 Å². The summed E-state index contributed by atoms with van der Waals surface area (Å²) in [7, 11) is 1.78. The van der Waals surface area contributed by atoms with Gasteiger partial charge in [-0.1, -0.05) is 42.5 Å². The maximum absolute atomic E-state index is 14.6. The highest BCUT2D eigenvalue weighted by Crippen LogP contribution is 2.27. The molecule has 2 aromatic heterocycles. The molecule has 7 nitrogen and oxygen atoms in total. The molecule has 0 spiro atoms. The van der Waals surface area contributed by atoms with Gasteiger partial charge in [-0.25, -0.2) is 18.3 Å². The highest BCUT2D eigenvalue weighted by molar-refractivity contribution is 5.92. The van der Waals surface area contributed by atoms with E-state index in [0.717, 1.165) is 28.8 Å². The number of carbonyl (C=O) groups excluding carboxylic acids is 1. The summed E-state index contributed by atoms with van der Waals surface area (Å²) in [6, 6.07) is 23.6. The highest BCUT2D eigenvalue weighted by Gasteiger charge is 2.25. The molecular formula is C30H25F2N5O2. The van der Waals surface area contributed by atoms with Gasteiger partial charge in [0.05, 0.1) is 24.7 Å². The Morgan fingerprint density at radius 3 is 2.49 bits per heavy atom. The molecule has 0 N–H and O–H groups in total. The van der Waals surface area contributed by atoms with Crippen LogP contribution in [0.5, 0.6) is 0 Å². The van der Waals surface area contributed by atoms with Crippen LogP contribution in [0.25, 0.3) is 11.3 Å². The Balaban J connectivity index is 1.43. The Bertz CT molecular complexity index is 1670. The van der Waals surface area contributed by atoms with Gasteiger partial charge in [0.15, 0.2) is 11.6 Å². The molecule has 5 aromatic rings. The quantitative estimate of drug-likeness (QED) is 0.255. The SMILES string of the molecule is Cc1ccccc1-c1ccc(C(=O)N(Cc2ccc(F)cc2F)Cc2nn(C)n2Cc2ccc(C#N)cc2)o1. The minimum absolute atomic E-state index is 0.0661.